The van der Waals surface area contributed by atoms with Gasteiger partial charge in [0.1, 0.15) is 22.9 Å². The number of rotatable bonds is 4. The minimum atomic E-state index is -0.294. The minimum Gasteiger partial charge on any atom is -0.455 e. The lowest BCUT2D eigenvalue weighted by atomic mass is 9.93. The number of carbonyl (C=O) groups is 1. The molecule has 108 valence electrons. The van der Waals surface area contributed by atoms with Crippen molar-refractivity contribution in [1.82, 2.24) is 5.16 Å². The third-order valence-electron chi connectivity index (χ3n) is 2.96. The molecule has 2 aromatic heterocycles. The van der Waals surface area contributed by atoms with E-state index in [1.807, 2.05) is 45.2 Å². The highest BCUT2D eigenvalue weighted by Gasteiger charge is 2.20. The minimum absolute atomic E-state index is 0.0988. The summed E-state index contributed by atoms with van der Waals surface area (Å²) in [6, 6.07) is 3.79. The van der Waals surface area contributed by atoms with Crippen LogP contribution in [-0.2, 0) is 23.2 Å². The number of hydrogen-bond donors (Lipinski definition) is 0. The number of hydrogen-bond acceptors (Lipinski definition) is 5. The van der Waals surface area contributed by atoms with E-state index >= 15 is 0 Å². The molecule has 0 aliphatic carbocycles. The van der Waals surface area contributed by atoms with Crippen LogP contribution in [0.25, 0.3) is 0 Å². The molecule has 0 unspecified atom stereocenters. The van der Waals surface area contributed by atoms with Crippen molar-refractivity contribution in [3.05, 3.63) is 39.4 Å². The average molecular weight is 293 g/mol. The summed E-state index contributed by atoms with van der Waals surface area (Å²) in [4.78, 5) is 12.7. The molecule has 2 aromatic rings. The zero-order valence-electron chi connectivity index (χ0n) is 12.2. The Morgan fingerprint density at radius 1 is 1.45 bits per heavy atom. The van der Waals surface area contributed by atoms with Gasteiger partial charge < -0.3 is 9.26 Å². The molecule has 0 fully saturated rings. The van der Waals surface area contributed by atoms with Crippen LogP contribution in [0.15, 0.2) is 22.0 Å². The summed E-state index contributed by atoms with van der Waals surface area (Å²) in [6.07, 6.45) is 0.825. The third kappa shape index (κ3) is 3.28. The van der Waals surface area contributed by atoms with E-state index in [1.54, 1.807) is 0 Å². The number of ether oxygens (including phenoxy) is 1. The Morgan fingerprint density at radius 2 is 2.20 bits per heavy atom. The van der Waals surface area contributed by atoms with Gasteiger partial charge in [-0.15, -0.1) is 11.3 Å². The maximum Gasteiger partial charge on any atom is 0.348 e. The maximum atomic E-state index is 12.0. The van der Waals surface area contributed by atoms with Gasteiger partial charge in [-0.1, -0.05) is 32.9 Å². The molecule has 2 rings (SSSR count). The van der Waals surface area contributed by atoms with E-state index in [0.717, 1.165) is 17.7 Å². The monoisotopic (exact) mass is 293 g/mol. The first-order chi connectivity index (χ1) is 9.41. The SMILES string of the molecule is CCc1ccsc1C(=O)OCc1cc(C(C)(C)C)on1. The van der Waals surface area contributed by atoms with Crippen LogP contribution in [0, 0.1) is 0 Å². The summed E-state index contributed by atoms with van der Waals surface area (Å²) in [5.74, 6) is 0.492. The molecule has 0 saturated carbocycles. The predicted molar refractivity (Wildman–Crippen MR) is 78.0 cm³/mol. The van der Waals surface area contributed by atoms with Gasteiger partial charge in [-0.25, -0.2) is 4.79 Å². The summed E-state index contributed by atoms with van der Waals surface area (Å²) in [6.45, 7) is 8.29. The van der Waals surface area contributed by atoms with Gasteiger partial charge in [-0.05, 0) is 23.4 Å². The number of carbonyl (C=O) groups excluding carboxylic acids is 1. The standard InChI is InChI=1S/C15H19NO3S/c1-5-10-6-7-20-13(10)14(17)18-9-11-8-12(19-16-11)15(2,3)4/h6-8H,5,9H2,1-4H3. The van der Waals surface area contributed by atoms with E-state index in [0.29, 0.717) is 10.6 Å². The molecule has 0 saturated heterocycles. The Labute approximate surface area is 122 Å². The second-order valence-corrected chi connectivity index (χ2v) is 6.55. The molecule has 0 spiro atoms. The largest absolute Gasteiger partial charge is 0.455 e. The van der Waals surface area contributed by atoms with Crippen molar-refractivity contribution < 1.29 is 14.1 Å². The Kier molecular flexibility index (Phi) is 4.28. The number of nitrogens with zero attached hydrogens (tertiary/aromatic N) is 1. The number of esters is 1. The van der Waals surface area contributed by atoms with E-state index in [1.165, 1.54) is 11.3 Å². The number of aryl methyl sites for hydroxylation is 1. The summed E-state index contributed by atoms with van der Waals surface area (Å²) >= 11 is 1.41. The van der Waals surface area contributed by atoms with Crippen LogP contribution in [0.4, 0.5) is 0 Å². The Balaban J connectivity index is 1.99. The zero-order chi connectivity index (χ0) is 14.8. The van der Waals surface area contributed by atoms with Gasteiger partial charge in [0.15, 0.2) is 0 Å². The van der Waals surface area contributed by atoms with Crippen molar-refractivity contribution in [2.45, 2.75) is 46.1 Å². The first-order valence-corrected chi connectivity index (χ1v) is 7.49. The second kappa shape index (κ2) is 5.79. The van der Waals surface area contributed by atoms with Crippen molar-refractivity contribution in [1.29, 1.82) is 0 Å². The van der Waals surface area contributed by atoms with Crippen molar-refractivity contribution in [2.24, 2.45) is 0 Å². The normalized spacial score (nSPS) is 11.6. The van der Waals surface area contributed by atoms with Crippen LogP contribution in [0.1, 0.15) is 54.4 Å². The van der Waals surface area contributed by atoms with Gasteiger partial charge in [0, 0.05) is 11.5 Å². The van der Waals surface area contributed by atoms with Crippen LogP contribution >= 0.6 is 11.3 Å². The lowest BCUT2D eigenvalue weighted by Crippen LogP contribution is -2.09. The topological polar surface area (TPSA) is 52.3 Å². The molecular formula is C15H19NO3S. The predicted octanol–water partition coefficient (Wildman–Crippen LogP) is 3.95. The van der Waals surface area contributed by atoms with Crippen LogP contribution in [0.2, 0.25) is 0 Å². The molecule has 0 bridgehead atoms. The average Bonchev–Trinajstić information content (AvgIpc) is 3.03. The fourth-order valence-electron chi connectivity index (χ4n) is 1.73. The summed E-state index contributed by atoms with van der Waals surface area (Å²) in [5, 5.41) is 5.84. The van der Waals surface area contributed by atoms with Crippen LogP contribution in [0.5, 0.6) is 0 Å². The van der Waals surface area contributed by atoms with Crippen LogP contribution < -0.4 is 0 Å². The van der Waals surface area contributed by atoms with Gasteiger partial charge in [-0.3, -0.25) is 0 Å². The number of thiophene rings is 1. The van der Waals surface area contributed by atoms with Crippen molar-refractivity contribution >= 4 is 17.3 Å². The lowest BCUT2D eigenvalue weighted by molar-refractivity contribution is 0.0469. The molecule has 0 N–H and O–H groups in total. The van der Waals surface area contributed by atoms with Gasteiger partial charge in [0.2, 0.25) is 0 Å². The molecule has 5 heteroatoms. The fraction of sp³-hybridized carbons (Fsp3) is 0.467. The van der Waals surface area contributed by atoms with Gasteiger partial charge >= 0.3 is 5.97 Å². The molecule has 0 aliphatic rings. The zero-order valence-corrected chi connectivity index (χ0v) is 13.0. The highest BCUT2D eigenvalue weighted by Crippen LogP contribution is 2.23. The molecule has 0 radical (unpaired) electrons. The smallest absolute Gasteiger partial charge is 0.348 e. The van der Waals surface area contributed by atoms with E-state index in [-0.39, 0.29) is 18.0 Å². The molecule has 0 amide bonds. The molecule has 0 atom stereocenters. The summed E-state index contributed by atoms with van der Waals surface area (Å²) in [7, 11) is 0. The van der Waals surface area contributed by atoms with E-state index in [9.17, 15) is 4.79 Å². The molecular weight excluding hydrogens is 274 g/mol. The fourth-order valence-corrected chi connectivity index (χ4v) is 2.62. The Hall–Kier alpha value is -1.62. The first kappa shape index (κ1) is 14.8. The molecule has 2 heterocycles. The van der Waals surface area contributed by atoms with Gasteiger partial charge in [0.05, 0.1) is 0 Å². The highest BCUT2D eigenvalue weighted by atomic mass is 32.1. The van der Waals surface area contributed by atoms with Crippen LogP contribution in [0.3, 0.4) is 0 Å². The van der Waals surface area contributed by atoms with Crippen molar-refractivity contribution in [3.8, 4) is 0 Å². The van der Waals surface area contributed by atoms with Gasteiger partial charge in [-0.2, -0.15) is 0 Å². The maximum absolute atomic E-state index is 12.0. The van der Waals surface area contributed by atoms with E-state index < -0.39 is 0 Å². The number of aromatic nitrogens is 1. The van der Waals surface area contributed by atoms with E-state index in [2.05, 4.69) is 5.16 Å². The summed E-state index contributed by atoms with van der Waals surface area (Å²) < 4.78 is 10.5. The third-order valence-corrected chi connectivity index (χ3v) is 3.90. The quantitative estimate of drug-likeness (QED) is 0.801. The highest BCUT2D eigenvalue weighted by molar-refractivity contribution is 7.12. The molecule has 4 nitrogen and oxygen atoms in total. The Morgan fingerprint density at radius 3 is 2.80 bits per heavy atom. The Bertz CT molecular complexity index is 592. The van der Waals surface area contributed by atoms with Crippen molar-refractivity contribution in [2.75, 3.05) is 0 Å². The summed E-state index contributed by atoms with van der Waals surface area (Å²) in [5.41, 5.74) is 1.56. The van der Waals surface area contributed by atoms with E-state index in [4.69, 9.17) is 9.26 Å². The first-order valence-electron chi connectivity index (χ1n) is 6.61. The molecule has 20 heavy (non-hydrogen) atoms. The van der Waals surface area contributed by atoms with Crippen molar-refractivity contribution in [3.63, 3.8) is 0 Å². The lowest BCUT2D eigenvalue weighted by Gasteiger charge is -2.12. The molecule has 0 aliphatic heterocycles. The van der Waals surface area contributed by atoms with Crippen LogP contribution in [-0.4, -0.2) is 11.1 Å². The molecule has 0 aromatic carbocycles. The van der Waals surface area contributed by atoms with Gasteiger partial charge in [0.25, 0.3) is 0 Å². The second-order valence-electron chi connectivity index (χ2n) is 5.64.